The third-order valence-electron chi connectivity index (χ3n) is 1.66. The van der Waals surface area contributed by atoms with E-state index in [0.717, 1.165) is 12.4 Å². The molecule has 0 amide bonds. The smallest absolute Gasteiger partial charge is 0.149 e. The van der Waals surface area contributed by atoms with Gasteiger partial charge in [0, 0.05) is 0 Å². The van der Waals surface area contributed by atoms with Gasteiger partial charge in [-0.1, -0.05) is 0 Å². The largest absolute Gasteiger partial charge is 0.394 e. The van der Waals surface area contributed by atoms with Crippen LogP contribution in [-0.4, -0.2) is 23.1 Å². The number of nitrogens with two attached hydrogens (primary N) is 1. The first-order valence-electron chi connectivity index (χ1n) is 3.51. The Morgan fingerprint density at radius 2 is 2.64 bits per heavy atom. The minimum Gasteiger partial charge on any atom is -0.394 e. The summed E-state index contributed by atoms with van der Waals surface area (Å²) in [5.74, 6) is 0.863. The molecule has 5 nitrogen and oxygen atoms in total. The fourth-order valence-electron chi connectivity index (χ4n) is 1.11. The Labute approximate surface area is 64.1 Å². The van der Waals surface area contributed by atoms with Crippen molar-refractivity contribution in [1.29, 1.82) is 0 Å². The van der Waals surface area contributed by atoms with Crippen LogP contribution in [0.4, 0.5) is 11.5 Å². The number of nitrogens with one attached hydrogen (secondary N) is 1. The van der Waals surface area contributed by atoms with E-state index in [0.29, 0.717) is 19.0 Å². The first kappa shape index (κ1) is 6.48. The van der Waals surface area contributed by atoms with Crippen LogP contribution >= 0.6 is 0 Å². The SMILES string of the molecule is Nc1cnn2c1NCOCC2. The lowest BCUT2D eigenvalue weighted by Gasteiger charge is -2.01. The van der Waals surface area contributed by atoms with E-state index in [1.807, 2.05) is 4.68 Å². The fraction of sp³-hybridized carbons (Fsp3) is 0.500. The Bertz CT molecular complexity index is 257. The number of rotatable bonds is 0. The van der Waals surface area contributed by atoms with Gasteiger partial charge in [-0.3, -0.25) is 0 Å². The fourth-order valence-corrected chi connectivity index (χ4v) is 1.11. The second-order valence-corrected chi connectivity index (χ2v) is 2.40. The van der Waals surface area contributed by atoms with Crippen LogP contribution < -0.4 is 11.1 Å². The molecule has 2 rings (SSSR count). The van der Waals surface area contributed by atoms with E-state index in [2.05, 4.69) is 10.4 Å². The van der Waals surface area contributed by atoms with Crippen LogP contribution in [0.3, 0.4) is 0 Å². The summed E-state index contributed by atoms with van der Waals surface area (Å²) in [7, 11) is 0. The van der Waals surface area contributed by atoms with Crippen LogP contribution in [0, 0.1) is 0 Å². The third-order valence-corrected chi connectivity index (χ3v) is 1.66. The summed E-state index contributed by atoms with van der Waals surface area (Å²) >= 11 is 0. The second kappa shape index (κ2) is 2.43. The molecule has 0 radical (unpaired) electrons. The number of ether oxygens (including phenoxy) is 1. The van der Waals surface area contributed by atoms with Crippen molar-refractivity contribution in [2.24, 2.45) is 0 Å². The van der Waals surface area contributed by atoms with E-state index >= 15 is 0 Å². The number of nitrogen functional groups attached to an aromatic ring is 1. The Morgan fingerprint density at radius 3 is 3.55 bits per heavy atom. The predicted molar refractivity (Wildman–Crippen MR) is 41.1 cm³/mol. The van der Waals surface area contributed by atoms with Gasteiger partial charge < -0.3 is 15.8 Å². The molecule has 0 unspecified atom stereocenters. The summed E-state index contributed by atoms with van der Waals surface area (Å²) in [4.78, 5) is 0. The number of nitrogens with zero attached hydrogens (tertiary/aromatic N) is 2. The van der Waals surface area contributed by atoms with Crippen molar-refractivity contribution in [3.63, 3.8) is 0 Å². The number of fused-ring (bicyclic) bond motifs is 1. The maximum absolute atomic E-state index is 5.63. The quantitative estimate of drug-likeness (QED) is 0.546. The molecule has 0 bridgehead atoms. The summed E-state index contributed by atoms with van der Waals surface area (Å²) in [6.45, 7) is 1.95. The van der Waals surface area contributed by atoms with Crippen molar-refractivity contribution in [3.8, 4) is 0 Å². The summed E-state index contributed by atoms with van der Waals surface area (Å²) in [6, 6.07) is 0. The molecule has 60 valence electrons. The second-order valence-electron chi connectivity index (χ2n) is 2.40. The van der Waals surface area contributed by atoms with Gasteiger partial charge in [0.05, 0.1) is 25.0 Å². The van der Waals surface area contributed by atoms with E-state index in [-0.39, 0.29) is 0 Å². The van der Waals surface area contributed by atoms with E-state index in [9.17, 15) is 0 Å². The Kier molecular flexibility index (Phi) is 1.43. The number of aromatic nitrogens is 2. The summed E-state index contributed by atoms with van der Waals surface area (Å²) < 4.78 is 6.97. The van der Waals surface area contributed by atoms with Gasteiger partial charge in [-0.05, 0) is 0 Å². The van der Waals surface area contributed by atoms with E-state index in [4.69, 9.17) is 10.5 Å². The van der Waals surface area contributed by atoms with Crippen molar-refractivity contribution in [2.75, 3.05) is 24.4 Å². The zero-order chi connectivity index (χ0) is 7.68. The average Bonchev–Trinajstić information content (AvgIpc) is 2.25. The van der Waals surface area contributed by atoms with Crippen LogP contribution in [0.2, 0.25) is 0 Å². The molecule has 0 saturated carbocycles. The normalized spacial score (nSPS) is 16.7. The zero-order valence-electron chi connectivity index (χ0n) is 6.08. The van der Waals surface area contributed by atoms with Crippen molar-refractivity contribution in [3.05, 3.63) is 6.20 Å². The standard InChI is InChI=1S/C6H10N4O/c7-5-3-9-10-1-2-11-4-8-6(5)10/h3,8H,1-2,4,7H2. The molecular weight excluding hydrogens is 144 g/mol. The van der Waals surface area contributed by atoms with Crippen molar-refractivity contribution >= 4 is 11.5 Å². The highest BCUT2D eigenvalue weighted by molar-refractivity contribution is 5.60. The summed E-state index contributed by atoms with van der Waals surface area (Å²) in [6.07, 6.45) is 1.65. The molecular formula is C6H10N4O. The number of hydrogen-bond acceptors (Lipinski definition) is 4. The van der Waals surface area contributed by atoms with Crippen LogP contribution in [0.5, 0.6) is 0 Å². The molecule has 0 spiro atoms. The Balaban J connectivity index is 2.35. The van der Waals surface area contributed by atoms with Gasteiger partial charge in [0.25, 0.3) is 0 Å². The molecule has 1 aromatic rings. The predicted octanol–water partition coefficient (Wildman–Crippen LogP) is -0.135. The first-order chi connectivity index (χ1) is 5.38. The molecule has 2 heterocycles. The maximum Gasteiger partial charge on any atom is 0.149 e. The van der Waals surface area contributed by atoms with Gasteiger partial charge in [0.1, 0.15) is 12.5 Å². The van der Waals surface area contributed by atoms with E-state index in [1.54, 1.807) is 6.20 Å². The topological polar surface area (TPSA) is 65.1 Å². The lowest BCUT2D eigenvalue weighted by atomic mass is 10.5. The lowest BCUT2D eigenvalue weighted by Crippen LogP contribution is -2.05. The van der Waals surface area contributed by atoms with E-state index in [1.165, 1.54) is 0 Å². The highest BCUT2D eigenvalue weighted by atomic mass is 16.5. The molecule has 0 fully saturated rings. The molecule has 11 heavy (non-hydrogen) atoms. The Hall–Kier alpha value is -1.23. The van der Waals surface area contributed by atoms with Gasteiger partial charge in [-0.25, -0.2) is 4.68 Å². The van der Waals surface area contributed by atoms with Gasteiger partial charge in [-0.2, -0.15) is 5.10 Å². The third kappa shape index (κ3) is 1.03. The minimum atomic E-state index is 0.510. The molecule has 1 aromatic heterocycles. The molecule has 1 aliphatic rings. The van der Waals surface area contributed by atoms with Crippen LogP contribution in [0.25, 0.3) is 0 Å². The lowest BCUT2D eigenvalue weighted by molar-refractivity contribution is 0.149. The van der Waals surface area contributed by atoms with Crippen molar-refractivity contribution < 1.29 is 4.74 Å². The molecule has 3 N–H and O–H groups in total. The monoisotopic (exact) mass is 154 g/mol. The molecule has 1 aliphatic heterocycles. The highest BCUT2D eigenvalue weighted by Crippen LogP contribution is 2.17. The molecule has 0 aromatic carbocycles. The van der Waals surface area contributed by atoms with Gasteiger partial charge in [0.2, 0.25) is 0 Å². The molecule has 0 atom stereocenters. The average molecular weight is 154 g/mol. The summed E-state index contributed by atoms with van der Waals surface area (Å²) in [5.41, 5.74) is 6.31. The first-order valence-corrected chi connectivity index (χ1v) is 3.51. The molecule has 5 heteroatoms. The zero-order valence-corrected chi connectivity index (χ0v) is 6.08. The maximum atomic E-state index is 5.63. The molecule has 0 aliphatic carbocycles. The van der Waals surface area contributed by atoms with E-state index < -0.39 is 0 Å². The minimum absolute atomic E-state index is 0.510. The van der Waals surface area contributed by atoms with Crippen LogP contribution in [0.1, 0.15) is 0 Å². The highest BCUT2D eigenvalue weighted by Gasteiger charge is 2.09. The van der Waals surface area contributed by atoms with Gasteiger partial charge in [-0.15, -0.1) is 0 Å². The van der Waals surface area contributed by atoms with Crippen molar-refractivity contribution in [2.45, 2.75) is 6.54 Å². The van der Waals surface area contributed by atoms with Gasteiger partial charge >= 0.3 is 0 Å². The van der Waals surface area contributed by atoms with Crippen LogP contribution in [-0.2, 0) is 11.3 Å². The number of hydrogen-bond donors (Lipinski definition) is 2. The van der Waals surface area contributed by atoms with Crippen molar-refractivity contribution in [1.82, 2.24) is 9.78 Å². The van der Waals surface area contributed by atoms with Gasteiger partial charge in [0.15, 0.2) is 0 Å². The molecule has 0 saturated heterocycles. The summed E-state index contributed by atoms with van der Waals surface area (Å²) in [5, 5.41) is 7.09. The number of anilines is 2. The Morgan fingerprint density at radius 1 is 1.73 bits per heavy atom. The van der Waals surface area contributed by atoms with Crippen LogP contribution in [0.15, 0.2) is 6.20 Å².